The van der Waals surface area contributed by atoms with Crippen molar-refractivity contribution in [2.75, 3.05) is 17.4 Å². The highest BCUT2D eigenvalue weighted by atomic mass is 32.1. The molecule has 6 rings (SSSR count). The molecular weight excluding hydrogens is 424 g/mol. The highest BCUT2D eigenvalue weighted by Crippen LogP contribution is 2.33. The lowest BCUT2D eigenvalue weighted by atomic mass is 10.2. The van der Waals surface area contributed by atoms with Crippen LogP contribution in [-0.4, -0.2) is 26.3 Å². The Hall–Kier alpha value is -4.11. The Morgan fingerprint density at radius 3 is 2.78 bits per heavy atom. The highest BCUT2D eigenvalue weighted by Gasteiger charge is 2.16. The van der Waals surface area contributed by atoms with Crippen LogP contribution in [0.2, 0.25) is 0 Å². The number of aromatic nitrogens is 4. The molecule has 5 aromatic rings. The summed E-state index contributed by atoms with van der Waals surface area (Å²) in [5, 5.41) is 10.8. The van der Waals surface area contributed by atoms with E-state index in [1.807, 2.05) is 64.5 Å². The van der Waals surface area contributed by atoms with Crippen molar-refractivity contribution in [2.24, 2.45) is 0 Å². The molecule has 0 saturated heterocycles. The van der Waals surface area contributed by atoms with Crippen molar-refractivity contribution in [3.63, 3.8) is 0 Å². The third-order valence-electron chi connectivity index (χ3n) is 5.10. The van der Waals surface area contributed by atoms with Gasteiger partial charge in [-0.05, 0) is 41.3 Å². The fourth-order valence-corrected chi connectivity index (χ4v) is 4.17. The first kappa shape index (κ1) is 18.6. The van der Waals surface area contributed by atoms with Crippen LogP contribution in [0.1, 0.15) is 5.56 Å². The minimum atomic E-state index is 0.257. The second-order valence-electron chi connectivity index (χ2n) is 7.20. The molecular formula is C23H18N6O2S. The van der Waals surface area contributed by atoms with Crippen molar-refractivity contribution in [1.82, 2.24) is 19.5 Å². The zero-order valence-corrected chi connectivity index (χ0v) is 17.7. The topological polar surface area (TPSA) is 86.1 Å². The lowest BCUT2D eigenvalue weighted by Crippen LogP contribution is -2.07. The minimum Gasteiger partial charge on any atom is -0.454 e. The van der Waals surface area contributed by atoms with Gasteiger partial charge in [-0.25, -0.2) is 4.98 Å². The Morgan fingerprint density at radius 1 is 1.00 bits per heavy atom. The van der Waals surface area contributed by atoms with Crippen molar-refractivity contribution in [1.29, 1.82) is 0 Å². The number of ether oxygens (including phenoxy) is 2. The van der Waals surface area contributed by atoms with Crippen molar-refractivity contribution < 1.29 is 9.47 Å². The van der Waals surface area contributed by atoms with Gasteiger partial charge in [-0.2, -0.15) is 21.3 Å². The van der Waals surface area contributed by atoms with E-state index in [0.29, 0.717) is 23.8 Å². The smallest absolute Gasteiger partial charge is 0.231 e. The van der Waals surface area contributed by atoms with Crippen molar-refractivity contribution in [3.8, 4) is 17.2 Å². The molecule has 0 radical (unpaired) electrons. The van der Waals surface area contributed by atoms with Crippen LogP contribution < -0.4 is 20.1 Å². The Morgan fingerprint density at radius 2 is 1.91 bits per heavy atom. The van der Waals surface area contributed by atoms with E-state index < -0.39 is 0 Å². The van der Waals surface area contributed by atoms with E-state index in [-0.39, 0.29) is 6.79 Å². The van der Waals surface area contributed by atoms with Gasteiger partial charge in [-0.3, -0.25) is 4.57 Å². The molecule has 0 amide bonds. The van der Waals surface area contributed by atoms with E-state index >= 15 is 0 Å². The SMILES string of the molecule is c1ccc(Nc2nc(NCc3ccc4c(c3)OCO4)nc3c2ncn3-c2ccsc2)cc1. The molecule has 0 spiro atoms. The largest absolute Gasteiger partial charge is 0.454 e. The maximum absolute atomic E-state index is 5.48. The quantitative estimate of drug-likeness (QED) is 0.384. The van der Waals surface area contributed by atoms with Crippen LogP contribution in [0, 0.1) is 0 Å². The molecule has 9 heteroatoms. The molecule has 0 fully saturated rings. The first-order chi connectivity index (χ1) is 15.8. The Kier molecular flexibility index (Phi) is 4.58. The van der Waals surface area contributed by atoms with E-state index in [9.17, 15) is 0 Å². The molecule has 0 aliphatic carbocycles. The van der Waals surface area contributed by atoms with Crippen LogP contribution in [0.5, 0.6) is 11.5 Å². The van der Waals surface area contributed by atoms with E-state index in [2.05, 4.69) is 21.0 Å². The second-order valence-corrected chi connectivity index (χ2v) is 7.98. The number of hydrogen-bond donors (Lipinski definition) is 2. The lowest BCUT2D eigenvalue weighted by Gasteiger charge is -2.11. The van der Waals surface area contributed by atoms with Crippen molar-refractivity contribution in [3.05, 3.63) is 77.2 Å². The van der Waals surface area contributed by atoms with Crippen LogP contribution in [0.3, 0.4) is 0 Å². The average molecular weight is 443 g/mol. The van der Waals surface area contributed by atoms with Gasteiger partial charge in [0.1, 0.15) is 6.33 Å². The zero-order valence-electron chi connectivity index (χ0n) is 16.9. The fourth-order valence-electron chi connectivity index (χ4n) is 3.54. The molecule has 4 heterocycles. The molecule has 8 nitrogen and oxygen atoms in total. The third-order valence-corrected chi connectivity index (χ3v) is 5.78. The number of nitrogens with one attached hydrogen (secondary N) is 2. The summed E-state index contributed by atoms with van der Waals surface area (Å²) in [7, 11) is 0. The average Bonchev–Trinajstić information content (AvgIpc) is 3.58. The second kappa shape index (κ2) is 7.86. The van der Waals surface area contributed by atoms with Gasteiger partial charge in [0.25, 0.3) is 0 Å². The number of nitrogens with zero attached hydrogens (tertiary/aromatic N) is 4. The third kappa shape index (κ3) is 3.48. The minimum absolute atomic E-state index is 0.257. The van der Waals surface area contributed by atoms with Gasteiger partial charge in [0, 0.05) is 17.6 Å². The summed E-state index contributed by atoms with van der Waals surface area (Å²) >= 11 is 1.63. The number of fused-ring (bicyclic) bond motifs is 2. The molecule has 3 aromatic heterocycles. The van der Waals surface area contributed by atoms with Crippen molar-refractivity contribution >= 4 is 40.0 Å². The standard InChI is InChI=1S/C23H18N6O2S/c1-2-4-16(5-3-1)26-21-20-22(29(13-25-20)17-8-9-32-12-17)28-23(27-21)24-11-15-6-7-18-19(10-15)31-14-30-18/h1-10,12-13H,11,14H2,(H2,24,26,27,28). The molecule has 0 bridgehead atoms. The van der Waals surface area contributed by atoms with Crippen LogP contribution in [0.15, 0.2) is 71.7 Å². The number of para-hydroxylation sites is 1. The summed E-state index contributed by atoms with van der Waals surface area (Å²) in [6.45, 7) is 0.798. The van der Waals surface area contributed by atoms with Gasteiger partial charge >= 0.3 is 0 Å². The first-order valence-electron chi connectivity index (χ1n) is 10.1. The predicted octanol–water partition coefficient (Wildman–Crippen LogP) is 4.96. The molecule has 0 saturated carbocycles. The van der Waals surface area contributed by atoms with Crippen molar-refractivity contribution in [2.45, 2.75) is 6.54 Å². The Balaban J connectivity index is 1.36. The van der Waals surface area contributed by atoms with E-state index in [0.717, 1.165) is 34.1 Å². The van der Waals surface area contributed by atoms with Gasteiger partial charge in [-0.1, -0.05) is 24.3 Å². The summed E-state index contributed by atoms with van der Waals surface area (Å²) < 4.78 is 12.8. The molecule has 0 atom stereocenters. The summed E-state index contributed by atoms with van der Waals surface area (Å²) in [5.41, 5.74) is 4.42. The molecule has 2 aromatic carbocycles. The van der Waals surface area contributed by atoms with E-state index in [1.165, 1.54) is 0 Å². The summed E-state index contributed by atoms with van der Waals surface area (Å²) in [6, 6.07) is 17.8. The molecule has 2 N–H and O–H groups in total. The summed E-state index contributed by atoms with van der Waals surface area (Å²) in [4.78, 5) is 14.1. The van der Waals surface area contributed by atoms with Gasteiger partial charge in [0.05, 0.1) is 5.69 Å². The normalized spacial score (nSPS) is 12.2. The zero-order chi connectivity index (χ0) is 21.3. The van der Waals surface area contributed by atoms with Crippen LogP contribution in [-0.2, 0) is 6.54 Å². The summed E-state index contributed by atoms with van der Waals surface area (Å²) in [5.74, 6) is 2.66. The summed E-state index contributed by atoms with van der Waals surface area (Å²) in [6.07, 6.45) is 1.78. The van der Waals surface area contributed by atoms with Gasteiger partial charge in [0.15, 0.2) is 28.5 Å². The predicted molar refractivity (Wildman–Crippen MR) is 124 cm³/mol. The Bertz CT molecular complexity index is 1380. The number of rotatable bonds is 6. The Labute approximate surface area is 187 Å². The van der Waals surface area contributed by atoms with Gasteiger partial charge < -0.3 is 20.1 Å². The molecule has 1 aliphatic heterocycles. The number of hydrogen-bond acceptors (Lipinski definition) is 8. The van der Waals surface area contributed by atoms with E-state index in [4.69, 9.17) is 19.4 Å². The number of anilines is 3. The highest BCUT2D eigenvalue weighted by molar-refractivity contribution is 7.08. The van der Waals surface area contributed by atoms with Crippen LogP contribution >= 0.6 is 11.3 Å². The molecule has 32 heavy (non-hydrogen) atoms. The molecule has 1 aliphatic rings. The number of imidazole rings is 1. The van der Waals surface area contributed by atoms with E-state index in [1.54, 1.807) is 17.7 Å². The molecule has 158 valence electrons. The monoisotopic (exact) mass is 442 g/mol. The molecule has 0 unspecified atom stereocenters. The van der Waals surface area contributed by atoms with Crippen LogP contribution in [0.4, 0.5) is 17.5 Å². The lowest BCUT2D eigenvalue weighted by molar-refractivity contribution is 0.174. The van der Waals surface area contributed by atoms with Gasteiger partial charge in [-0.15, -0.1) is 0 Å². The maximum Gasteiger partial charge on any atom is 0.231 e. The maximum atomic E-state index is 5.48. The van der Waals surface area contributed by atoms with Crippen LogP contribution in [0.25, 0.3) is 16.9 Å². The number of thiophene rings is 1. The fraction of sp³-hybridized carbons (Fsp3) is 0.0870. The first-order valence-corrected chi connectivity index (χ1v) is 11.0. The number of benzene rings is 2. The van der Waals surface area contributed by atoms with Gasteiger partial charge in [0.2, 0.25) is 12.7 Å².